The number of hydrogen-bond acceptors (Lipinski definition) is 4. The normalized spacial score (nSPS) is 10.5. The van der Waals surface area contributed by atoms with Gasteiger partial charge in [-0.2, -0.15) is 4.98 Å². The van der Waals surface area contributed by atoms with Crippen LogP contribution in [-0.4, -0.2) is 19.7 Å². The van der Waals surface area contributed by atoms with Crippen LogP contribution in [0.3, 0.4) is 0 Å². The van der Waals surface area contributed by atoms with E-state index in [0.717, 1.165) is 0 Å². The third-order valence-corrected chi connectivity index (χ3v) is 1.71. The number of hydrogen-bond donors (Lipinski definition) is 1. The first-order valence-electron chi connectivity index (χ1n) is 3.85. The lowest BCUT2D eigenvalue weighted by Crippen LogP contribution is -2.17. The maximum atomic E-state index is 11.0. The fourth-order valence-electron chi connectivity index (χ4n) is 1.05. The third-order valence-electron chi connectivity index (χ3n) is 1.71. The zero-order chi connectivity index (χ0) is 9.10. The monoisotopic (exact) mass is 180 g/mol. The Hall–Kier alpha value is -1.85. The largest absolute Gasteiger partial charge is 0.343 e. The van der Waals surface area contributed by atoms with Crippen LogP contribution in [0.2, 0.25) is 0 Å². The van der Waals surface area contributed by atoms with Crippen molar-refractivity contribution in [3.05, 3.63) is 35.1 Å². The SMILES string of the molecule is O=c1[nH]ccn1CCc1ncon1. The molecule has 68 valence electrons. The molecule has 1 N–H and O–H groups in total. The quantitative estimate of drug-likeness (QED) is 0.709. The molecular formula is C7H8N4O2. The van der Waals surface area contributed by atoms with Gasteiger partial charge in [0.05, 0.1) is 0 Å². The number of imidazole rings is 1. The van der Waals surface area contributed by atoms with Gasteiger partial charge in [0.15, 0.2) is 5.82 Å². The fraction of sp³-hybridized carbons (Fsp3) is 0.286. The van der Waals surface area contributed by atoms with E-state index in [1.54, 1.807) is 17.0 Å². The smallest absolute Gasteiger partial charge is 0.325 e. The molecule has 6 heteroatoms. The number of aryl methyl sites for hydroxylation is 2. The zero-order valence-electron chi connectivity index (χ0n) is 6.80. The maximum Gasteiger partial charge on any atom is 0.325 e. The van der Waals surface area contributed by atoms with E-state index in [2.05, 4.69) is 19.6 Å². The number of rotatable bonds is 3. The van der Waals surface area contributed by atoms with Crippen LogP contribution in [-0.2, 0) is 13.0 Å². The van der Waals surface area contributed by atoms with Crippen LogP contribution in [0.15, 0.2) is 28.1 Å². The minimum atomic E-state index is -0.122. The van der Waals surface area contributed by atoms with Gasteiger partial charge in [-0.15, -0.1) is 0 Å². The van der Waals surface area contributed by atoms with Gasteiger partial charge in [0.25, 0.3) is 0 Å². The van der Waals surface area contributed by atoms with Gasteiger partial charge in [-0.25, -0.2) is 4.79 Å². The van der Waals surface area contributed by atoms with Crippen LogP contribution in [0.25, 0.3) is 0 Å². The molecule has 0 unspecified atom stereocenters. The van der Waals surface area contributed by atoms with E-state index in [-0.39, 0.29) is 5.69 Å². The van der Waals surface area contributed by atoms with Crippen molar-refractivity contribution in [2.24, 2.45) is 0 Å². The van der Waals surface area contributed by atoms with Gasteiger partial charge in [-0.1, -0.05) is 5.16 Å². The minimum Gasteiger partial charge on any atom is -0.343 e. The van der Waals surface area contributed by atoms with Gasteiger partial charge in [-0.3, -0.25) is 4.57 Å². The second-order valence-electron chi connectivity index (χ2n) is 2.56. The molecule has 0 atom stereocenters. The van der Waals surface area contributed by atoms with Crippen molar-refractivity contribution in [2.75, 3.05) is 0 Å². The van der Waals surface area contributed by atoms with Crippen molar-refractivity contribution in [1.82, 2.24) is 19.7 Å². The predicted molar refractivity (Wildman–Crippen MR) is 43.1 cm³/mol. The molecule has 2 aromatic heterocycles. The summed E-state index contributed by atoms with van der Waals surface area (Å²) in [6.45, 7) is 0.557. The van der Waals surface area contributed by atoms with E-state index in [1.165, 1.54) is 6.39 Å². The predicted octanol–water partition coefficient (Wildman–Crippen LogP) is -0.198. The molecule has 6 nitrogen and oxygen atoms in total. The highest BCUT2D eigenvalue weighted by molar-refractivity contribution is 4.81. The lowest BCUT2D eigenvalue weighted by Gasteiger charge is -1.95. The second kappa shape index (κ2) is 3.26. The molecule has 0 aromatic carbocycles. The van der Waals surface area contributed by atoms with E-state index < -0.39 is 0 Å². The van der Waals surface area contributed by atoms with E-state index in [9.17, 15) is 4.79 Å². The lowest BCUT2D eigenvalue weighted by atomic mass is 10.4. The average molecular weight is 180 g/mol. The molecule has 0 aliphatic heterocycles. The maximum absolute atomic E-state index is 11.0. The summed E-state index contributed by atoms with van der Waals surface area (Å²) in [7, 11) is 0. The molecule has 2 heterocycles. The van der Waals surface area contributed by atoms with Crippen LogP contribution >= 0.6 is 0 Å². The Morgan fingerprint density at radius 1 is 1.62 bits per heavy atom. The number of aromatic nitrogens is 4. The molecule has 0 saturated carbocycles. The van der Waals surface area contributed by atoms with Gasteiger partial charge < -0.3 is 9.51 Å². The van der Waals surface area contributed by atoms with Crippen molar-refractivity contribution < 1.29 is 4.52 Å². The standard InChI is InChI=1S/C7H8N4O2/c12-7-8-2-4-11(7)3-1-6-9-5-13-10-6/h2,4-5H,1,3H2,(H,8,12). The van der Waals surface area contributed by atoms with Crippen molar-refractivity contribution >= 4 is 0 Å². The van der Waals surface area contributed by atoms with Gasteiger partial charge >= 0.3 is 5.69 Å². The third kappa shape index (κ3) is 1.66. The summed E-state index contributed by atoms with van der Waals surface area (Å²) < 4.78 is 6.11. The second-order valence-corrected chi connectivity index (χ2v) is 2.56. The first kappa shape index (κ1) is 7.78. The molecule has 0 bridgehead atoms. The Balaban J connectivity index is 2.01. The minimum absolute atomic E-state index is 0.122. The van der Waals surface area contributed by atoms with Crippen molar-refractivity contribution in [3.8, 4) is 0 Å². The number of nitrogens with one attached hydrogen (secondary N) is 1. The molecule has 0 aliphatic rings. The highest BCUT2D eigenvalue weighted by Gasteiger charge is 2.00. The van der Waals surface area contributed by atoms with E-state index in [1.807, 2.05) is 0 Å². The highest BCUT2D eigenvalue weighted by Crippen LogP contribution is 1.91. The van der Waals surface area contributed by atoms with Crippen LogP contribution in [0.4, 0.5) is 0 Å². The van der Waals surface area contributed by atoms with Gasteiger partial charge in [0.2, 0.25) is 6.39 Å². The molecular weight excluding hydrogens is 172 g/mol. The van der Waals surface area contributed by atoms with Crippen molar-refractivity contribution in [3.63, 3.8) is 0 Å². The number of H-pyrrole nitrogens is 1. The molecule has 0 aliphatic carbocycles. The molecule has 2 aromatic rings. The Labute approximate surface area is 73.2 Å². The first-order chi connectivity index (χ1) is 6.36. The number of nitrogens with zero attached hydrogens (tertiary/aromatic N) is 3. The molecule has 0 amide bonds. The zero-order valence-corrected chi connectivity index (χ0v) is 6.80. The van der Waals surface area contributed by atoms with E-state index in [0.29, 0.717) is 18.8 Å². The average Bonchev–Trinajstić information content (AvgIpc) is 2.72. The fourth-order valence-corrected chi connectivity index (χ4v) is 1.05. The van der Waals surface area contributed by atoms with E-state index >= 15 is 0 Å². The van der Waals surface area contributed by atoms with Gasteiger partial charge in [0, 0.05) is 25.4 Å². The summed E-state index contributed by atoms with van der Waals surface area (Å²) in [5.74, 6) is 0.605. The summed E-state index contributed by atoms with van der Waals surface area (Å²) in [5, 5.41) is 3.63. The van der Waals surface area contributed by atoms with Crippen LogP contribution < -0.4 is 5.69 Å². The van der Waals surface area contributed by atoms with Crippen LogP contribution in [0, 0.1) is 0 Å². The first-order valence-corrected chi connectivity index (χ1v) is 3.85. The molecule has 2 rings (SSSR count). The van der Waals surface area contributed by atoms with Crippen molar-refractivity contribution in [2.45, 2.75) is 13.0 Å². The van der Waals surface area contributed by atoms with E-state index in [4.69, 9.17) is 0 Å². The summed E-state index contributed by atoms with van der Waals surface area (Å²) >= 11 is 0. The summed E-state index contributed by atoms with van der Waals surface area (Å²) in [4.78, 5) is 17.4. The number of aromatic amines is 1. The van der Waals surface area contributed by atoms with Crippen LogP contribution in [0.1, 0.15) is 5.82 Å². The Morgan fingerprint density at radius 2 is 2.54 bits per heavy atom. The topological polar surface area (TPSA) is 76.7 Å². The summed E-state index contributed by atoms with van der Waals surface area (Å²) in [6.07, 6.45) is 5.14. The lowest BCUT2D eigenvalue weighted by molar-refractivity contribution is 0.408. The molecule has 0 saturated heterocycles. The molecule has 13 heavy (non-hydrogen) atoms. The summed E-state index contributed by atoms with van der Waals surface area (Å²) in [5.41, 5.74) is -0.122. The summed E-state index contributed by atoms with van der Waals surface area (Å²) in [6, 6.07) is 0. The highest BCUT2D eigenvalue weighted by atomic mass is 16.5. The Kier molecular flexibility index (Phi) is 1.95. The Morgan fingerprint density at radius 3 is 3.15 bits per heavy atom. The molecule has 0 spiro atoms. The van der Waals surface area contributed by atoms with Gasteiger partial charge in [0.1, 0.15) is 0 Å². The van der Waals surface area contributed by atoms with Crippen LogP contribution in [0.5, 0.6) is 0 Å². The molecule has 0 fully saturated rings. The van der Waals surface area contributed by atoms with Crippen molar-refractivity contribution in [1.29, 1.82) is 0 Å². The molecule has 0 radical (unpaired) electrons. The van der Waals surface area contributed by atoms with Gasteiger partial charge in [-0.05, 0) is 0 Å². The Bertz CT molecular complexity index is 414.